The monoisotopic (exact) mass is 154 g/mol. The molecule has 0 unspecified atom stereocenters. The van der Waals surface area contributed by atoms with Crippen LogP contribution in [0.5, 0.6) is 0 Å². The van der Waals surface area contributed by atoms with E-state index in [9.17, 15) is 4.79 Å². The van der Waals surface area contributed by atoms with E-state index in [1.807, 2.05) is 6.92 Å². The number of hydrogen-bond acceptors (Lipinski definition) is 1. The van der Waals surface area contributed by atoms with Crippen molar-refractivity contribution in [1.29, 1.82) is 0 Å². The van der Waals surface area contributed by atoms with E-state index in [0.717, 1.165) is 25.2 Å². The molecule has 11 heavy (non-hydrogen) atoms. The van der Waals surface area contributed by atoms with Gasteiger partial charge in [0.15, 0.2) is 0 Å². The standard InChI is InChI=1S/C10H18O/c1-3-10(11)9-6-4-8(2)5-7-9/h8-9H,3-7H2,1-2H3. The second-order valence-electron chi connectivity index (χ2n) is 3.78. The summed E-state index contributed by atoms with van der Waals surface area (Å²) in [6, 6.07) is 0. The highest BCUT2D eigenvalue weighted by molar-refractivity contribution is 5.80. The van der Waals surface area contributed by atoms with Crippen molar-refractivity contribution in [3.63, 3.8) is 0 Å². The van der Waals surface area contributed by atoms with Gasteiger partial charge in [0.2, 0.25) is 0 Å². The van der Waals surface area contributed by atoms with Crippen LogP contribution in [0.2, 0.25) is 0 Å². The van der Waals surface area contributed by atoms with Crippen molar-refractivity contribution in [3.8, 4) is 0 Å². The first kappa shape index (κ1) is 8.76. The molecule has 0 N–H and O–H groups in total. The van der Waals surface area contributed by atoms with Gasteiger partial charge in [-0.15, -0.1) is 0 Å². The maximum Gasteiger partial charge on any atom is 0.135 e. The molecule has 1 nitrogen and oxygen atoms in total. The first-order valence-electron chi connectivity index (χ1n) is 4.76. The number of Topliss-reactive ketones (excluding diaryl/α,β-unsaturated/α-hetero) is 1. The van der Waals surface area contributed by atoms with Crippen molar-refractivity contribution in [2.75, 3.05) is 0 Å². The van der Waals surface area contributed by atoms with Crippen LogP contribution in [0.4, 0.5) is 0 Å². The SMILES string of the molecule is CCC(=O)C1CCC(C)CC1. The third kappa shape index (κ3) is 2.32. The van der Waals surface area contributed by atoms with Gasteiger partial charge in [-0.1, -0.05) is 26.7 Å². The summed E-state index contributed by atoms with van der Waals surface area (Å²) in [5, 5.41) is 0. The summed E-state index contributed by atoms with van der Waals surface area (Å²) in [6.45, 7) is 4.26. The van der Waals surface area contributed by atoms with Crippen molar-refractivity contribution in [1.82, 2.24) is 0 Å². The van der Waals surface area contributed by atoms with E-state index in [1.165, 1.54) is 12.8 Å². The molecule has 0 aliphatic heterocycles. The third-order valence-corrected chi connectivity index (χ3v) is 2.82. The van der Waals surface area contributed by atoms with E-state index in [4.69, 9.17) is 0 Å². The summed E-state index contributed by atoms with van der Waals surface area (Å²) in [4.78, 5) is 11.3. The second-order valence-corrected chi connectivity index (χ2v) is 3.78. The molecule has 64 valence electrons. The van der Waals surface area contributed by atoms with Crippen LogP contribution in [-0.4, -0.2) is 5.78 Å². The fourth-order valence-corrected chi connectivity index (χ4v) is 1.87. The molecule has 0 atom stereocenters. The van der Waals surface area contributed by atoms with Crippen molar-refractivity contribution in [2.45, 2.75) is 46.0 Å². The van der Waals surface area contributed by atoms with Gasteiger partial charge >= 0.3 is 0 Å². The van der Waals surface area contributed by atoms with Crippen molar-refractivity contribution >= 4 is 5.78 Å². The highest BCUT2D eigenvalue weighted by Gasteiger charge is 2.22. The van der Waals surface area contributed by atoms with Gasteiger partial charge in [0.05, 0.1) is 0 Å². The van der Waals surface area contributed by atoms with E-state index >= 15 is 0 Å². The topological polar surface area (TPSA) is 17.1 Å². The van der Waals surface area contributed by atoms with Crippen LogP contribution in [0, 0.1) is 11.8 Å². The van der Waals surface area contributed by atoms with Crippen molar-refractivity contribution < 1.29 is 4.79 Å². The number of carbonyl (C=O) groups excluding carboxylic acids is 1. The van der Waals surface area contributed by atoms with Crippen LogP contribution in [0.3, 0.4) is 0 Å². The van der Waals surface area contributed by atoms with E-state index in [2.05, 4.69) is 6.92 Å². The number of rotatable bonds is 2. The lowest BCUT2D eigenvalue weighted by molar-refractivity contribution is -0.123. The molecule has 0 aromatic rings. The van der Waals surface area contributed by atoms with Crippen molar-refractivity contribution in [3.05, 3.63) is 0 Å². The number of ketones is 1. The Labute approximate surface area is 69.2 Å². The lowest BCUT2D eigenvalue weighted by Gasteiger charge is -2.24. The van der Waals surface area contributed by atoms with Gasteiger partial charge in [-0.2, -0.15) is 0 Å². The molecule has 1 aliphatic carbocycles. The molecular weight excluding hydrogens is 136 g/mol. The Morgan fingerprint density at radius 3 is 2.27 bits per heavy atom. The van der Waals surface area contributed by atoms with Crippen LogP contribution in [0.25, 0.3) is 0 Å². The summed E-state index contributed by atoms with van der Waals surface area (Å²) in [7, 11) is 0. The predicted molar refractivity (Wildman–Crippen MR) is 46.4 cm³/mol. The molecule has 1 aliphatic rings. The molecule has 0 heterocycles. The van der Waals surface area contributed by atoms with Crippen molar-refractivity contribution in [2.24, 2.45) is 11.8 Å². The van der Waals surface area contributed by atoms with Gasteiger partial charge in [0, 0.05) is 12.3 Å². The fraction of sp³-hybridized carbons (Fsp3) is 0.900. The Hall–Kier alpha value is -0.330. The molecule has 0 amide bonds. The van der Waals surface area contributed by atoms with Gasteiger partial charge in [0.25, 0.3) is 0 Å². The molecule has 0 bridgehead atoms. The molecule has 1 fully saturated rings. The zero-order chi connectivity index (χ0) is 8.27. The summed E-state index contributed by atoms with van der Waals surface area (Å²) >= 11 is 0. The molecule has 0 radical (unpaired) electrons. The fourth-order valence-electron chi connectivity index (χ4n) is 1.87. The highest BCUT2D eigenvalue weighted by atomic mass is 16.1. The molecule has 1 saturated carbocycles. The quantitative estimate of drug-likeness (QED) is 0.597. The van der Waals surface area contributed by atoms with Crippen LogP contribution >= 0.6 is 0 Å². The Morgan fingerprint density at radius 1 is 1.27 bits per heavy atom. The maximum atomic E-state index is 11.3. The van der Waals surface area contributed by atoms with Crippen LogP contribution < -0.4 is 0 Å². The van der Waals surface area contributed by atoms with Gasteiger partial charge in [0.1, 0.15) is 5.78 Å². The van der Waals surface area contributed by atoms with Crippen LogP contribution in [-0.2, 0) is 4.79 Å². The smallest absolute Gasteiger partial charge is 0.135 e. The molecule has 0 spiro atoms. The van der Waals surface area contributed by atoms with E-state index in [1.54, 1.807) is 0 Å². The van der Waals surface area contributed by atoms with E-state index in [-0.39, 0.29) is 0 Å². The second kappa shape index (κ2) is 3.89. The summed E-state index contributed by atoms with van der Waals surface area (Å²) in [5.41, 5.74) is 0. The molecular formula is C10H18O. The van der Waals surface area contributed by atoms with Gasteiger partial charge in [-0.3, -0.25) is 4.79 Å². The Balaban J connectivity index is 2.33. The average Bonchev–Trinajstić information content (AvgIpc) is 2.05. The Morgan fingerprint density at radius 2 is 1.82 bits per heavy atom. The van der Waals surface area contributed by atoms with E-state index in [0.29, 0.717) is 11.7 Å². The van der Waals surface area contributed by atoms with Crippen LogP contribution in [0.15, 0.2) is 0 Å². The van der Waals surface area contributed by atoms with E-state index < -0.39 is 0 Å². The minimum absolute atomic E-state index is 0.413. The number of hydrogen-bond donors (Lipinski definition) is 0. The maximum absolute atomic E-state index is 11.3. The minimum Gasteiger partial charge on any atom is -0.299 e. The van der Waals surface area contributed by atoms with Gasteiger partial charge in [-0.05, 0) is 18.8 Å². The van der Waals surface area contributed by atoms with Gasteiger partial charge < -0.3 is 0 Å². The summed E-state index contributed by atoms with van der Waals surface area (Å²) in [6.07, 6.45) is 5.55. The first-order chi connectivity index (χ1) is 5.24. The number of carbonyl (C=O) groups is 1. The Kier molecular flexibility index (Phi) is 3.10. The lowest BCUT2D eigenvalue weighted by atomic mass is 9.80. The average molecular weight is 154 g/mol. The first-order valence-corrected chi connectivity index (χ1v) is 4.76. The molecule has 0 aromatic heterocycles. The summed E-state index contributed by atoms with van der Waals surface area (Å²) in [5.74, 6) is 1.75. The zero-order valence-electron chi connectivity index (χ0n) is 7.60. The highest BCUT2D eigenvalue weighted by Crippen LogP contribution is 2.29. The largest absolute Gasteiger partial charge is 0.299 e. The predicted octanol–water partition coefficient (Wildman–Crippen LogP) is 2.79. The summed E-state index contributed by atoms with van der Waals surface area (Å²) < 4.78 is 0. The molecule has 1 rings (SSSR count). The minimum atomic E-state index is 0.413. The van der Waals surface area contributed by atoms with Crippen LogP contribution in [0.1, 0.15) is 46.0 Å². The normalized spacial score (nSPS) is 31.8. The zero-order valence-corrected chi connectivity index (χ0v) is 7.60. The third-order valence-electron chi connectivity index (χ3n) is 2.82. The molecule has 0 aromatic carbocycles. The molecule has 1 heteroatoms. The van der Waals surface area contributed by atoms with Gasteiger partial charge in [-0.25, -0.2) is 0 Å². The Bertz CT molecular complexity index is 132. The lowest BCUT2D eigenvalue weighted by Crippen LogP contribution is -2.19. The molecule has 0 saturated heterocycles.